The van der Waals surface area contributed by atoms with Crippen LogP contribution in [0.5, 0.6) is 0 Å². The molecule has 0 spiro atoms. The summed E-state index contributed by atoms with van der Waals surface area (Å²) < 4.78 is 26.5. The Hall–Kier alpha value is -3.44. The second-order valence-electron chi connectivity index (χ2n) is 10.5. The summed E-state index contributed by atoms with van der Waals surface area (Å²) in [5.41, 5.74) is 2.77. The van der Waals surface area contributed by atoms with E-state index in [9.17, 15) is 14.4 Å². The maximum Gasteiger partial charge on any atom is 0.306 e. The Kier molecular flexibility index (Phi) is 17.0. The summed E-state index contributed by atoms with van der Waals surface area (Å²) in [6.45, 7) is 3.87. The van der Waals surface area contributed by atoms with Crippen LogP contribution in [0.15, 0.2) is 54.9 Å². The van der Waals surface area contributed by atoms with Gasteiger partial charge in [0.1, 0.15) is 6.61 Å². The van der Waals surface area contributed by atoms with E-state index in [-0.39, 0.29) is 36.6 Å². The largest absolute Gasteiger partial charge is 0.463 e. The van der Waals surface area contributed by atoms with Gasteiger partial charge in [0.2, 0.25) is 5.91 Å². The van der Waals surface area contributed by atoms with Crippen LogP contribution in [0.4, 0.5) is 5.69 Å². The molecule has 1 aliphatic heterocycles. The molecular weight excluding hydrogens is 564 g/mol. The van der Waals surface area contributed by atoms with E-state index in [0.29, 0.717) is 65.6 Å². The molecule has 10 nitrogen and oxygen atoms in total. The van der Waals surface area contributed by atoms with Crippen molar-refractivity contribution in [2.24, 2.45) is 0 Å². The van der Waals surface area contributed by atoms with Crippen LogP contribution in [0.25, 0.3) is 6.08 Å². The number of benzene rings is 1. The number of ketones is 1. The Morgan fingerprint density at radius 1 is 0.841 bits per heavy atom. The van der Waals surface area contributed by atoms with Crippen molar-refractivity contribution >= 4 is 29.4 Å². The number of ether oxygens (including phenoxy) is 5. The third kappa shape index (κ3) is 13.5. The molecule has 2 heterocycles. The molecule has 1 aromatic heterocycles. The van der Waals surface area contributed by atoms with Gasteiger partial charge in [-0.25, -0.2) is 0 Å². The predicted octanol–water partition coefficient (Wildman–Crippen LogP) is 4.76. The fourth-order valence-corrected chi connectivity index (χ4v) is 4.88. The molecule has 44 heavy (non-hydrogen) atoms. The number of hydrogen-bond acceptors (Lipinski definition) is 9. The number of esters is 1. The topological polar surface area (TPSA) is 113 Å². The zero-order chi connectivity index (χ0) is 31.2. The van der Waals surface area contributed by atoms with Crippen molar-refractivity contribution in [3.05, 3.63) is 66.0 Å². The minimum atomic E-state index is -0.308. The Balaban J connectivity index is 1.26. The van der Waals surface area contributed by atoms with E-state index in [2.05, 4.69) is 4.98 Å². The minimum Gasteiger partial charge on any atom is -0.463 e. The highest BCUT2D eigenvalue weighted by Crippen LogP contribution is 2.38. The summed E-state index contributed by atoms with van der Waals surface area (Å²) in [6.07, 6.45) is 11.3. The number of pyridine rings is 1. The Labute approximate surface area is 260 Å². The molecule has 1 unspecified atom stereocenters. The van der Waals surface area contributed by atoms with Crippen molar-refractivity contribution in [1.29, 1.82) is 0 Å². The normalized spacial score (nSPS) is 14.2. The lowest BCUT2D eigenvalue weighted by Crippen LogP contribution is -2.30. The summed E-state index contributed by atoms with van der Waals surface area (Å²) in [4.78, 5) is 43.6. The molecule has 0 radical (unpaired) electrons. The number of unbranched alkanes of at least 4 members (excludes halogenated alkanes) is 3. The van der Waals surface area contributed by atoms with Gasteiger partial charge < -0.3 is 28.6 Å². The van der Waals surface area contributed by atoms with Gasteiger partial charge in [0, 0.05) is 50.5 Å². The highest BCUT2D eigenvalue weighted by Gasteiger charge is 2.33. The van der Waals surface area contributed by atoms with Gasteiger partial charge in [-0.05, 0) is 48.3 Å². The van der Waals surface area contributed by atoms with E-state index in [4.69, 9.17) is 23.7 Å². The maximum absolute atomic E-state index is 13.1. The van der Waals surface area contributed by atoms with Gasteiger partial charge in [-0.3, -0.25) is 19.4 Å². The third-order valence-electron chi connectivity index (χ3n) is 7.16. The van der Waals surface area contributed by atoms with E-state index in [0.717, 1.165) is 42.5 Å². The summed E-state index contributed by atoms with van der Waals surface area (Å²) in [5.74, 6) is -0.261. The van der Waals surface area contributed by atoms with Crippen molar-refractivity contribution < 1.29 is 38.1 Å². The van der Waals surface area contributed by atoms with E-state index in [1.807, 2.05) is 36.4 Å². The van der Waals surface area contributed by atoms with Crippen LogP contribution in [0.3, 0.4) is 0 Å². The average Bonchev–Trinajstić information content (AvgIpc) is 3.40. The van der Waals surface area contributed by atoms with Gasteiger partial charge in [0.15, 0.2) is 5.78 Å². The SMILES string of the molecule is COCCOCCOCCOCCOC(=O)CC1CN(C(=O)CCCCCCC(=O)/C=C/c2cccnc2)c2ccccc21. The lowest BCUT2D eigenvalue weighted by Gasteiger charge is -2.18. The number of hydrogen-bond donors (Lipinski definition) is 0. The fourth-order valence-electron chi connectivity index (χ4n) is 4.88. The van der Waals surface area contributed by atoms with Crippen LogP contribution >= 0.6 is 0 Å². The molecule has 0 fully saturated rings. The number of nitrogens with zero attached hydrogens (tertiary/aromatic N) is 2. The number of anilines is 1. The molecule has 1 aliphatic rings. The van der Waals surface area contributed by atoms with Gasteiger partial charge in [-0.15, -0.1) is 0 Å². The number of allylic oxidation sites excluding steroid dienone is 1. The number of para-hydroxylation sites is 1. The number of carbonyl (C=O) groups excluding carboxylic acids is 3. The number of methoxy groups -OCH3 is 1. The molecule has 2 aromatic rings. The van der Waals surface area contributed by atoms with Crippen LogP contribution in [-0.2, 0) is 38.1 Å². The van der Waals surface area contributed by atoms with Crippen molar-refractivity contribution in [2.45, 2.75) is 50.9 Å². The Bertz CT molecular complexity index is 1160. The molecule has 0 N–H and O–H groups in total. The zero-order valence-corrected chi connectivity index (χ0v) is 25.8. The van der Waals surface area contributed by atoms with Crippen LogP contribution in [0, 0.1) is 0 Å². The Morgan fingerprint density at radius 3 is 2.23 bits per heavy atom. The molecule has 0 bridgehead atoms. The first-order valence-electron chi connectivity index (χ1n) is 15.5. The van der Waals surface area contributed by atoms with Crippen LogP contribution < -0.4 is 4.90 Å². The van der Waals surface area contributed by atoms with Gasteiger partial charge in [0.25, 0.3) is 0 Å². The lowest BCUT2D eigenvalue weighted by atomic mass is 9.98. The van der Waals surface area contributed by atoms with E-state index >= 15 is 0 Å². The fraction of sp³-hybridized carbons (Fsp3) is 0.529. The van der Waals surface area contributed by atoms with Crippen molar-refractivity contribution in [1.82, 2.24) is 4.98 Å². The summed E-state index contributed by atoms with van der Waals surface area (Å²) in [6, 6.07) is 11.5. The first-order valence-corrected chi connectivity index (χ1v) is 15.5. The molecule has 240 valence electrons. The molecule has 0 aliphatic carbocycles. The minimum absolute atomic E-state index is 0.0564. The molecule has 1 amide bonds. The summed E-state index contributed by atoms with van der Waals surface area (Å²) in [5, 5.41) is 0. The monoisotopic (exact) mass is 610 g/mol. The van der Waals surface area contributed by atoms with E-state index < -0.39 is 0 Å². The lowest BCUT2D eigenvalue weighted by molar-refractivity contribution is -0.145. The molecular formula is C34H46N2O8. The maximum atomic E-state index is 13.1. The number of amides is 1. The molecule has 1 atom stereocenters. The summed E-state index contributed by atoms with van der Waals surface area (Å²) in [7, 11) is 1.63. The van der Waals surface area contributed by atoms with E-state index in [1.165, 1.54) is 0 Å². The smallest absolute Gasteiger partial charge is 0.306 e. The van der Waals surface area contributed by atoms with E-state index in [1.54, 1.807) is 36.6 Å². The van der Waals surface area contributed by atoms with Crippen LogP contribution in [0.1, 0.15) is 62.0 Å². The molecule has 1 aromatic carbocycles. The first kappa shape index (κ1) is 35.0. The van der Waals surface area contributed by atoms with Gasteiger partial charge >= 0.3 is 5.97 Å². The second kappa shape index (κ2) is 21.3. The second-order valence-corrected chi connectivity index (χ2v) is 10.5. The number of aromatic nitrogens is 1. The zero-order valence-electron chi connectivity index (χ0n) is 25.8. The highest BCUT2D eigenvalue weighted by atomic mass is 16.6. The third-order valence-corrected chi connectivity index (χ3v) is 7.16. The molecule has 0 saturated heterocycles. The van der Waals surface area contributed by atoms with Crippen molar-refractivity contribution in [3.8, 4) is 0 Å². The first-order chi connectivity index (χ1) is 21.6. The van der Waals surface area contributed by atoms with Crippen molar-refractivity contribution in [2.75, 3.05) is 71.4 Å². The standard InChI is InChI=1S/C34H46N2O8/c1-40-17-18-41-19-20-42-21-22-43-23-24-44-34(39)25-29-27-36(32-12-7-6-11-31(29)32)33(38)13-5-3-2-4-10-30(37)15-14-28-9-8-16-35-26-28/h6-9,11-12,14-16,26,29H,2-5,10,13,17-25,27H2,1H3/b15-14+. The molecule has 0 saturated carbocycles. The molecule has 10 heteroatoms. The van der Waals surface area contributed by atoms with Crippen LogP contribution in [0.2, 0.25) is 0 Å². The highest BCUT2D eigenvalue weighted by molar-refractivity contribution is 5.96. The van der Waals surface area contributed by atoms with Crippen molar-refractivity contribution in [3.63, 3.8) is 0 Å². The van der Waals surface area contributed by atoms with Gasteiger partial charge in [-0.2, -0.15) is 0 Å². The number of carbonyl (C=O) groups is 3. The summed E-state index contributed by atoms with van der Waals surface area (Å²) >= 11 is 0. The van der Waals surface area contributed by atoms with Gasteiger partial charge in [-0.1, -0.05) is 37.1 Å². The number of fused-ring (bicyclic) bond motifs is 1. The molecule has 3 rings (SSSR count). The quantitative estimate of drug-likeness (QED) is 0.0998. The predicted molar refractivity (Wildman–Crippen MR) is 167 cm³/mol. The van der Waals surface area contributed by atoms with Crippen LogP contribution in [-0.4, -0.2) is 89.2 Å². The number of rotatable bonds is 23. The van der Waals surface area contributed by atoms with Gasteiger partial charge in [0.05, 0.1) is 52.7 Å². The Morgan fingerprint density at radius 2 is 1.52 bits per heavy atom. The average molecular weight is 611 g/mol.